The van der Waals surface area contributed by atoms with Gasteiger partial charge in [-0.25, -0.2) is 5.48 Å². The van der Waals surface area contributed by atoms with Crippen LogP contribution in [-0.4, -0.2) is 50.8 Å². The van der Waals surface area contributed by atoms with Gasteiger partial charge in [0, 0.05) is 49.4 Å². The van der Waals surface area contributed by atoms with Gasteiger partial charge in [0.15, 0.2) is 0 Å². The molecule has 28 heavy (non-hydrogen) atoms. The number of H-pyrrole nitrogens is 1. The van der Waals surface area contributed by atoms with Crippen molar-refractivity contribution >= 4 is 22.9 Å². The van der Waals surface area contributed by atoms with E-state index in [4.69, 9.17) is 5.21 Å². The molecule has 1 aromatic carbocycles. The molecule has 3 aromatic rings. The smallest absolute Gasteiger partial charge is 0.267 e. The summed E-state index contributed by atoms with van der Waals surface area (Å²) in [7, 11) is 0. The number of benzene rings is 1. The fourth-order valence-corrected chi connectivity index (χ4v) is 3.02. The van der Waals surface area contributed by atoms with Crippen molar-refractivity contribution in [2.45, 2.75) is 13.0 Å². The Morgan fingerprint density at radius 3 is 2.79 bits per heavy atom. The first-order valence-corrected chi connectivity index (χ1v) is 9.14. The van der Waals surface area contributed by atoms with Crippen LogP contribution in [0.2, 0.25) is 0 Å². The molecular formula is C21H24N4O3. The number of hydrogen-bond acceptors (Lipinski definition) is 5. The first-order chi connectivity index (χ1) is 13.7. The number of aromatic amines is 1. The van der Waals surface area contributed by atoms with E-state index in [2.05, 4.69) is 20.9 Å². The van der Waals surface area contributed by atoms with E-state index in [1.807, 2.05) is 42.7 Å². The van der Waals surface area contributed by atoms with Gasteiger partial charge in [-0.05, 0) is 29.3 Å². The van der Waals surface area contributed by atoms with Crippen LogP contribution in [0.3, 0.4) is 0 Å². The quantitative estimate of drug-likeness (QED) is 0.259. The molecule has 4 N–H and O–H groups in total. The molecule has 0 aliphatic rings. The van der Waals surface area contributed by atoms with E-state index in [0.717, 1.165) is 40.7 Å². The normalized spacial score (nSPS) is 11.5. The molecule has 146 valence electrons. The Kier molecular flexibility index (Phi) is 6.91. The molecule has 0 aliphatic heterocycles. The standard InChI is InChI=1S/C21H24N4O3/c26-12-11-25(10-8-19-13-18-7-9-22-20(18)14-23-19)15-17-3-1-16(2-4-17)5-6-21(27)24-28/h1-7,9,13-14,22,26,28H,8,10-12,15H2,(H,24,27)/b6-5+. The maximum atomic E-state index is 11.0. The summed E-state index contributed by atoms with van der Waals surface area (Å²) in [6.45, 7) is 2.20. The summed E-state index contributed by atoms with van der Waals surface area (Å²) in [6.07, 6.45) is 7.46. The highest BCUT2D eigenvalue weighted by Gasteiger charge is 2.07. The number of rotatable bonds is 9. The van der Waals surface area contributed by atoms with Crippen LogP contribution in [0.1, 0.15) is 16.8 Å². The van der Waals surface area contributed by atoms with Crippen LogP contribution in [0.4, 0.5) is 0 Å². The number of carbonyl (C=O) groups excluding carboxylic acids is 1. The molecule has 0 unspecified atom stereocenters. The zero-order valence-corrected chi connectivity index (χ0v) is 15.5. The van der Waals surface area contributed by atoms with Crippen LogP contribution < -0.4 is 5.48 Å². The van der Waals surface area contributed by atoms with Crippen molar-refractivity contribution in [2.75, 3.05) is 19.7 Å². The monoisotopic (exact) mass is 380 g/mol. The molecule has 0 fully saturated rings. The molecule has 0 saturated heterocycles. The van der Waals surface area contributed by atoms with Gasteiger partial charge in [0.2, 0.25) is 0 Å². The topological polar surface area (TPSA) is 101 Å². The predicted octanol–water partition coefficient (Wildman–Crippen LogP) is 2.12. The number of aliphatic hydroxyl groups is 1. The minimum absolute atomic E-state index is 0.0986. The number of aliphatic hydroxyl groups excluding tert-OH is 1. The fourth-order valence-electron chi connectivity index (χ4n) is 3.02. The molecule has 0 spiro atoms. The fraction of sp³-hybridized carbons (Fsp3) is 0.238. The predicted molar refractivity (Wildman–Crippen MR) is 108 cm³/mol. The van der Waals surface area contributed by atoms with Crippen molar-refractivity contribution in [3.63, 3.8) is 0 Å². The maximum absolute atomic E-state index is 11.0. The number of aromatic nitrogens is 2. The van der Waals surface area contributed by atoms with E-state index >= 15 is 0 Å². The second-order valence-electron chi connectivity index (χ2n) is 6.54. The Morgan fingerprint density at radius 1 is 1.21 bits per heavy atom. The van der Waals surface area contributed by atoms with Crippen LogP contribution in [-0.2, 0) is 17.8 Å². The largest absolute Gasteiger partial charge is 0.395 e. The number of hydrogen-bond donors (Lipinski definition) is 4. The third kappa shape index (κ3) is 5.50. The number of nitrogens with zero attached hydrogens (tertiary/aromatic N) is 2. The second kappa shape index (κ2) is 9.80. The molecule has 0 aliphatic carbocycles. The SMILES string of the molecule is O=C(/C=C/c1ccc(CN(CCO)CCc2cc3cc[nH]c3cn2)cc1)NO. The number of hydroxylamine groups is 1. The number of fused-ring (bicyclic) bond motifs is 1. The van der Waals surface area contributed by atoms with Crippen molar-refractivity contribution in [1.29, 1.82) is 0 Å². The minimum Gasteiger partial charge on any atom is -0.395 e. The lowest BCUT2D eigenvalue weighted by Crippen LogP contribution is -2.28. The first kappa shape index (κ1) is 19.8. The maximum Gasteiger partial charge on any atom is 0.267 e. The van der Waals surface area contributed by atoms with Gasteiger partial charge in [0.05, 0.1) is 18.3 Å². The van der Waals surface area contributed by atoms with Crippen LogP contribution in [0, 0.1) is 0 Å². The number of nitrogens with one attached hydrogen (secondary N) is 2. The molecule has 7 nitrogen and oxygen atoms in total. The zero-order chi connectivity index (χ0) is 19.8. The highest BCUT2D eigenvalue weighted by atomic mass is 16.5. The molecular weight excluding hydrogens is 356 g/mol. The zero-order valence-electron chi connectivity index (χ0n) is 15.5. The van der Waals surface area contributed by atoms with Gasteiger partial charge in [-0.15, -0.1) is 0 Å². The van der Waals surface area contributed by atoms with E-state index in [-0.39, 0.29) is 6.61 Å². The van der Waals surface area contributed by atoms with Crippen LogP contribution in [0.5, 0.6) is 0 Å². The average Bonchev–Trinajstić information content (AvgIpc) is 3.19. The van der Waals surface area contributed by atoms with Gasteiger partial charge in [-0.3, -0.25) is 19.9 Å². The van der Waals surface area contributed by atoms with Crippen molar-refractivity contribution in [1.82, 2.24) is 20.3 Å². The van der Waals surface area contributed by atoms with E-state index < -0.39 is 5.91 Å². The third-order valence-corrected chi connectivity index (χ3v) is 4.52. The lowest BCUT2D eigenvalue weighted by atomic mass is 10.1. The van der Waals surface area contributed by atoms with Gasteiger partial charge in [0.25, 0.3) is 5.91 Å². The van der Waals surface area contributed by atoms with Crippen LogP contribution >= 0.6 is 0 Å². The summed E-state index contributed by atoms with van der Waals surface area (Å²) in [5.41, 5.74) is 5.60. The minimum atomic E-state index is -0.565. The second-order valence-corrected chi connectivity index (χ2v) is 6.54. The Bertz CT molecular complexity index is 934. The molecule has 2 heterocycles. The molecule has 0 radical (unpaired) electrons. The Labute approximate surface area is 163 Å². The Morgan fingerprint density at radius 2 is 2.04 bits per heavy atom. The summed E-state index contributed by atoms with van der Waals surface area (Å²) < 4.78 is 0. The summed E-state index contributed by atoms with van der Waals surface area (Å²) in [4.78, 5) is 20.9. The molecule has 0 saturated carbocycles. The highest BCUT2D eigenvalue weighted by molar-refractivity contribution is 5.90. The summed E-state index contributed by atoms with van der Waals surface area (Å²) in [5, 5.41) is 19.0. The summed E-state index contributed by atoms with van der Waals surface area (Å²) in [5.74, 6) is -0.565. The van der Waals surface area contributed by atoms with Crippen molar-refractivity contribution in [3.05, 3.63) is 71.7 Å². The van der Waals surface area contributed by atoms with Crippen molar-refractivity contribution in [3.8, 4) is 0 Å². The van der Waals surface area contributed by atoms with Gasteiger partial charge in [0.1, 0.15) is 0 Å². The molecule has 0 bridgehead atoms. The van der Waals surface area contributed by atoms with Gasteiger partial charge < -0.3 is 10.1 Å². The highest BCUT2D eigenvalue weighted by Crippen LogP contribution is 2.13. The first-order valence-electron chi connectivity index (χ1n) is 9.14. The summed E-state index contributed by atoms with van der Waals surface area (Å²) in [6, 6.07) is 11.9. The van der Waals surface area contributed by atoms with Crippen LogP contribution in [0.15, 0.2) is 54.9 Å². The van der Waals surface area contributed by atoms with E-state index in [1.165, 1.54) is 6.08 Å². The molecule has 0 atom stereocenters. The van der Waals surface area contributed by atoms with Crippen molar-refractivity contribution < 1.29 is 15.1 Å². The van der Waals surface area contributed by atoms with Gasteiger partial charge in [-0.1, -0.05) is 24.3 Å². The number of pyridine rings is 1. The third-order valence-electron chi connectivity index (χ3n) is 4.52. The van der Waals surface area contributed by atoms with Crippen LogP contribution in [0.25, 0.3) is 17.0 Å². The van der Waals surface area contributed by atoms with Gasteiger partial charge in [-0.2, -0.15) is 0 Å². The lowest BCUT2D eigenvalue weighted by Gasteiger charge is -2.21. The van der Waals surface area contributed by atoms with E-state index in [9.17, 15) is 9.90 Å². The Balaban J connectivity index is 1.59. The molecule has 1 amide bonds. The van der Waals surface area contributed by atoms with E-state index in [0.29, 0.717) is 13.1 Å². The number of carbonyl (C=O) groups is 1. The summed E-state index contributed by atoms with van der Waals surface area (Å²) >= 11 is 0. The molecule has 7 heteroatoms. The van der Waals surface area contributed by atoms with E-state index in [1.54, 1.807) is 11.6 Å². The Hall–Kier alpha value is -3.00. The molecule has 2 aromatic heterocycles. The molecule has 3 rings (SSSR count). The average molecular weight is 380 g/mol. The number of amides is 1. The van der Waals surface area contributed by atoms with Gasteiger partial charge >= 0.3 is 0 Å². The lowest BCUT2D eigenvalue weighted by molar-refractivity contribution is -0.124. The van der Waals surface area contributed by atoms with Crippen molar-refractivity contribution in [2.24, 2.45) is 0 Å².